The van der Waals surface area contributed by atoms with Crippen LogP contribution < -0.4 is 5.73 Å². The van der Waals surface area contributed by atoms with Gasteiger partial charge in [0.1, 0.15) is 11.2 Å². The fourth-order valence-electron chi connectivity index (χ4n) is 1.57. The predicted molar refractivity (Wildman–Crippen MR) is 59.3 cm³/mol. The predicted octanol–water partition coefficient (Wildman–Crippen LogP) is 0.997. The Hall–Kier alpha value is -2.50. The van der Waals surface area contributed by atoms with Gasteiger partial charge in [-0.2, -0.15) is 4.98 Å². The lowest BCUT2D eigenvalue weighted by molar-refractivity contribution is 1.21. The first-order valence-electron chi connectivity index (χ1n) is 4.71. The second kappa shape index (κ2) is 3.27. The Labute approximate surface area is 90.6 Å². The Morgan fingerprint density at radius 1 is 1.12 bits per heavy atom. The summed E-state index contributed by atoms with van der Waals surface area (Å²) in [5.41, 5.74) is 8.64. The smallest absolute Gasteiger partial charge is 0.222 e. The first-order chi connectivity index (χ1) is 7.84. The van der Waals surface area contributed by atoms with Crippen LogP contribution in [0.25, 0.3) is 22.4 Å². The van der Waals surface area contributed by atoms with Crippen molar-refractivity contribution in [1.82, 2.24) is 24.9 Å². The highest BCUT2D eigenvalue weighted by Gasteiger charge is 2.09. The molecule has 0 saturated heterocycles. The van der Waals surface area contributed by atoms with E-state index in [0.29, 0.717) is 5.65 Å². The number of anilines is 1. The van der Waals surface area contributed by atoms with E-state index in [-0.39, 0.29) is 5.95 Å². The van der Waals surface area contributed by atoms with E-state index in [1.54, 1.807) is 18.7 Å². The molecule has 0 fully saturated rings. The molecule has 3 rings (SSSR count). The number of nitrogens with zero attached hydrogens (tertiary/aromatic N) is 4. The van der Waals surface area contributed by atoms with Crippen molar-refractivity contribution in [3.8, 4) is 11.3 Å². The van der Waals surface area contributed by atoms with Crippen molar-refractivity contribution >= 4 is 17.1 Å². The third-order valence-corrected chi connectivity index (χ3v) is 2.26. The van der Waals surface area contributed by atoms with Crippen molar-refractivity contribution in [2.24, 2.45) is 0 Å². The topological polar surface area (TPSA) is 93.4 Å². The molecule has 6 heteroatoms. The zero-order valence-corrected chi connectivity index (χ0v) is 8.25. The summed E-state index contributed by atoms with van der Waals surface area (Å²) in [5.74, 6) is 0.214. The molecule has 3 aromatic rings. The van der Waals surface area contributed by atoms with E-state index >= 15 is 0 Å². The fourth-order valence-corrected chi connectivity index (χ4v) is 1.57. The summed E-state index contributed by atoms with van der Waals surface area (Å²) < 4.78 is 0. The van der Waals surface area contributed by atoms with E-state index in [4.69, 9.17) is 5.73 Å². The molecule has 3 aromatic heterocycles. The zero-order valence-electron chi connectivity index (χ0n) is 8.25. The minimum Gasteiger partial charge on any atom is -0.368 e. The number of nitrogen functional groups attached to an aromatic ring is 1. The standard InChI is InChI=1S/C10H8N6/c11-10-15-7(6-1-3-12-4-2-6)8-9(16-10)14-5-13-8/h1-5H,(H3,11,13,14,15,16). The van der Waals surface area contributed by atoms with E-state index in [1.807, 2.05) is 12.1 Å². The Morgan fingerprint density at radius 2 is 1.94 bits per heavy atom. The number of H-pyrrole nitrogens is 1. The third kappa shape index (κ3) is 1.28. The third-order valence-electron chi connectivity index (χ3n) is 2.26. The first-order valence-corrected chi connectivity index (χ1v) is 4.71. The van der Waals surface area contributed by atoms with Gasteiger partial charge in [0.25, 0.3) is 0 Å². The Morgan fingerprint density at radius 3 is 2.75 bits per heavy atom. The average molecular weight is 212 g/mol. The number of imidazole rings is 1. The molecular weight excluding hydrogens is 204 g/mol. The van der Waals surface area contributed by atoms with Gasteiger partial charge in [0.2, 0.25) is 5.95 Å². The van der Waals surface area contributed by atoms with Crippen molar-refractivity contribution in [3.63, 3.8) is 0 Å². The lowest BCUT2D eigenvalue weighted by Gasteiger charge is -2.02. The fraction of sp³-hybridized carbons (Fsp3) is 0. The van der Waals surface area contributed by atoms with Crippen LogP contribution in [0.2, 0.25) is 0 Å². The van der Waals surface area contributed by atoms with Crippen molar-refractivity contribution in [3.05, 3.63) is 30.9 Å². The molecule has 0 unspecified atom stereocenters. The molecule has 0 aliphatic heterocycles. The Balaban J connectivity index is 2.34. The number of fused-ring (bicyclic) bond motifs is 1. The van der Waals surface area contributed by atoms with Crippen LogP contribution in [0.4, 0.5) is 5.95 Å². The van der Waals surface area contributed by atoms with E-state index in [0.717, 1.165) is 16.8 Å². The highest BCUT2D eigenvalue weighted by Crippen LogP contribution is 2.23. The summed E-state index contributed by atoms with van der Waals surface area (Å²) >= 11 is 0. The summed E-state index contributed by atoms with van der Waals surface area (Å²) in [7, 11) is 0. The highest BCUT2D eigenvalue weighted by atomic mass is 15.1. The maximum absolute atomic E-state index is 5.63. The molecule has 3 heterocycles. The highest BCUT2D eigenvalue weighted by molar-refractivity contribution is 5.87. The zero-order chi connectivity index (χ0) is 11.0. The molecule has 3 N–H and O–H groups in total. The Kier molecular flexibility index (Phi) is 1.79. The molecule has 0 aromatic carbocycles. The van der Waals surface area contributed by atoms with Crippen LogP contribution in [0.15, 0.2) is 30.9 Å². The number of aromatic amines is 1. The van der Waals surface area contributed by atoms with Crippen LogP contribution >= 0.6 is 0 Å². The van der Waals surface area contributed by atoms with Crippen LogP contribution in [-0.4, -0.2) is 24.9 Å². The van der Waals surface area contributed by atoms with E-state index in [2.05, 4.69) is 24.9 Å². The number of hydrogen-bond acceptors (Lipinski definition) is 5. The van der Waals surface area contributed by atoms with Crippen LogP contribution in [0, 0.1) is 0 Å². The lowest BCUT2D eigenvalue weighted by atomic mass is 10.2. The van der Waals surface area contributed by atoms with Gasteiger partial charge in [-0.05, 0) is 12.1 Å². The number of hydrogen-bond donors (Lipinski definition) is 2. The molecule has 0 saturated carbocycles. The van der Waals surface area contributed by atoms with Gasteiger partial charge in [0, 0.05) is 18.0 Å². The average Bonchev–Trinajstić information content (AvgIpc) is 2.77. The van der Waals surface area contributed by atoms with Gasteiger partial charge >= 0.3 is 0 Å². The monoisotopic (exact) mass is 212 g/mol. The quantitative estimate of drug-likeness (QED) is 0.627. The van der Waals surface area contributed by atoms with Crippen molar-refractivity contribution in [1.29, 1.82) is 0 Å². The molecule has 6 nitrogen and oxygen atoms in total. The second-order valence-electron chi connectivity index (χ2n) is 3.27. The molecule has 0 aliphatic carbocycles. The summed E-state index contributed by atoms with van der Waals surface area (Å²) in [6.45, 7) is 0. The van der Waals surface area contributed by atoms with E-state index in [1.165, 1.54) is 0 Å². The van der Waals surface area contributed by atoms with Crippen LogP contribution in [0.5, 0.6) is 0 Å². The van der Waals surface area contributed by atoms with Crippen molar-refractivity contribution in [2.45, 2.75) is 0 Å². The summed E-state index contributed by atoms with van der Waals surface area (Å²) in [4.78, 5) is 19.3. The lowest BCUT2D eigenvalue weighted by Crippen LogP contribution is -1.97. The van der Waals surface area contributed by atoms with Gasteiger partial charge < -0.3 is 10.7 Å². The molecule has 0 radical (unpaired) electrons. The minimum absolute atomic E-state index is 0.214. The van der Waals surface area contributed by atoms with Crippen LogP contribution in [0.1, 0.15) is 0 Å². The normalized spacial score (nSPS) is 10.8. The molecule has 0 bridgehead atoms. The van der Waals surface area contributed by atoms with Crippen LogP contribution in [-0.2, 0) is 0 Å². The largest absolute Gasteiger partial charge is 0.368 e. The number of pyridine rings is 1. The van der Waals surface area contributed by atoms with Crippen molar-refractivity contribution < 1.29 is 0 Å². The Bertz CT molecular complexity index is 630. The molecule has 0 spiro atoms. The summed E-state index contributed by atoms with van der Waals surface area (Å²) in [6.07, 6.45) is 4.98. The van der Waals surface area contributed by atoms with Crippen molar-refractivity contribution in [2.75, 3.05) is 5.73 Å². The molecule has 0 atom stereocenters. The number of nitrogens with one attached hydrogen (secondary N) is 1. The van der Waals surface area contributed by atoms with Gasteiger partial charge in [0.05, 0.1) is 6.33 Å². The summed E-state index contributed by atoms with van der Waals surface area (Å²) in [5, 5.41) is 0. The van der Waals surface area contributed by atoms with Crippen LogP contribution in [0.3, 0.4) is 0 Å². The second-order valence-corrected chi connectivity index (χ2v) is 3.27. The maximum atomic E-state index is 5.63. The maximum Gasteiger partial charge on any atom is 0.222 e. The van der Waals surface area contributed by atoms with Gasteiger partial charge in [-0.15, -0.1) is 0 Å². The van der Waals surface area contributed by atoms with Gasteiger partial charge in [0.15, 0.2) is 5.65 Å². The molecule has 0 amide bonds. The summed E-state index contributed by atoms with van der Waals surface area (Å²) in [6, 6.07) is 3.73. The van der Waals surface area contributed by atoms with Gasteiger partial charge in [-0.3, -0.25) is 4.98 Å². The number of nitrogens with two attached hydrogens (primary N) is 1. The van der Waals surface area contributed by atoms with Gasteiger partial charge in [-0.1, -0.05) is 0 Å². The molecule has 0 aliphatic rings. The van der Waals surface area contributed by atoms with Gasteiger partial charge in [-0.25, -0.2) is 9.97 Å². The van der Waals surface area contributed by atoms with E-state index < -0.39 is 0 Å². The minimum atomic E-state index is 0.214. The SMILES string of the molecule is Nc1nc(-c2ccncc2)c2[nH]cnc2n1. The number of aromatic nitrogens is 5. The molecular formula is C10H8N6. The van der Waals surface area contributed by atoms with E-state index in [9.17, 15) is 0 Å². The number of rotatable bonds is 1. The molecule has 78 valence electrons. The molecule has 16 heavy (non-hydrogen) atoms. The first kappa shape index (κ1) is 8.78.